The van der Waals surface area contributed by atoms with Crippen LogP contribution in [0.4, 0.5) is 4.79 Å². The number of amides is 4. The first kappa shape index (κ1) is 17.4. The average molecular weight is 344 g/mol. The van der Waals surface area contributed by atoms with Gasteiger partial charge in [0.25, 0.3) is 5.91 Å². The molecule has 7 heteroatoms. The van der Waals surface area contributed by atoms with Crippen LogP contribution in [0.3, 0.4) is 0 Å². The van der Waals surface area contributed by atoms with Gasteiger partial charge in [-0.15, -0.1) is 0 Å². The van der Waals surface area contributed by atoms with Gasteiger partial charge in [-0.3, -0.25) is 19.4 Å². The summed E-state index contributed by atoms with van der Waals surface area (Å²) in [6.45, 7) is 4.95. The smallest absolute Gasteiger partial charge is 0.325 e. The Morgan fingerprint density at radius 3 is 2.48 bits per heavy atom. The van der Waals surface area contributed by atoms with E-state index in [0.717, 1.165) is 17.0 Å². The lowest BCUT2D eigenvalue weighted by molar-refractivity contribution is -0.140. The van der Waals surface area contributed by atoms with E-state index in [2.05, 4.69) is 22.3 Å². The first-order valence-electron chi connectivity index (χ1n) is 8.46. The topological polar surface area (TPSA) is 73.0 Å². The van der Waals surface area contributed by atoms with Crippen LogP contribution >= 0.6 is 0 Å². The predicted octanol–water partition coefficient (Wildman–Crippen LogP) is 0.832. The molecule has 0 spiro atoms. The summed E-state index contributed by atoms with van der Waals surface area (Å²) in [6.07, 6.45) is 0. The molecule has 7 nitrogen and oxygen atoms in total. The zero-order valence-electron chi connectivity index (χ0n) is 14.9. The molecule has 2 fully saturated rings. The van der Waals surface area contributed by atoms with Crippen molar-refractivity contribution in [2.75, 3.05) is 33.2 Å². The van der Waals surface area contributed by atoms with Crippen LogP contribution in [-0.2, 0) is 9.59 Å². The molecule has 0 saturated carbocycles. The molecule has 0 radical (unpaired) electrons. The van der Waals surface area contributed by atoms with Crippen LogP contribution in [0.15, 0.2) is 30.3 Å². The molecule has 1 aromatic rings. The molecule has 4 amide bonds. The maximum atomic E-state index is 12.7. The Kier molecular flexibility index (Phi) is 4.51. The Morgan fingerprint density at radius 2 is 1.88 bits per heavy atom. The standard InChI is InChI=1S/C18H24N4O3/c1-18(2)16(24)22(17(25)19-18)12-15(23)21-10-9-20(3)14(11-21)13-7-5-4-6-8-13/h4-8,14H,9-12H2,1-3H3,(H,19,25)/t14-/m0/s1. The third kappa shape index (κ3) is 3.37. The minimum Gasteiger partial charge on any atom is -0.338 e. The molecule has 0 aromatic heterocycles. The highest BCUT2D eigenvalue weighted by Crippen LogP contribution is 2.24. The van der Waals surface area contributed by atoms with Crippen LogP contribution in [0.1, 0.15) is 25.5 Å². The molecule has 3 rings (SSSR count). The highest BCUT2D eigenvalue weighted by Gasteiger charge is 2.45. The zero-order chi connectivity index (χ0) is 18.2. The quantitative estimate of drug-likeness (QED) is 0.825. The summed E-state index contributed by atoms with van der Waals surface area (Å²) >= 11 is 0. The van der Waals surface area contributed by atoms with Crippen molar-refractivity contribution in [3.63, 3.8) is 0 Å². The summed E-state index contributed by atoms with van der Waals surface area (Å²) in [6, 6.07) is 9.65. The van der Waals surface area contributed by atoms with E-state index in [4.69, 9.17) is 0 Å². The Bertz CT molecular complexity index is 689. The molecule has 2 heterocycles. The summed E-state index contributed by atoms with van der Waals surface area (Å²) in [5.41, 5.74) is 0.199. The molecule has 1 aromatic carbocycles. The number of piperazine rings is 1. The summed E-state index contributed by atoms with van der Waals surface area (Å²) in [5, 5.41) is 2.60. The van der Waals surface area contributed by atoms with Gasteiger partial charge in [-0.1, -0.05) is 30.3 Å². The van der Waals surface area contributed by atoms with E-state index >= 15 is 0 Å². The number of hydrogen-bond acceptors (Lipinski definition) is 4. The van der Waals surface area contributed by atoms with E-state index in [1.54, 1.807) is 18.7 Å². The molecular formula is C18H24N4O3. The number of rotatable bonds is 3. The molecule has 0 aliphatic carbocycles. The largest absolute Gasteiger partial charge is 0.338 e. The number of carbonyl (C=O) groups is 3. The molecular weight excluding hydrogens is 320 g/mol. The van der Waals surface area contributed by atoms with Gasteiger partial charge in [-0.25, -0.2) is 4.79 Å². The van der Waals surface area contributed by atoms with Gasteiger partial charge in [-0.2, -0.15) is 0 Å². The lowest BCUT2D eigenvalue weighted by Gasteiger charge is -2.40. The third-order valence-corrected chi connectivity index (χ3v) is 4.92. The summed E-state index contributed by atoms with van der Waals surface area (Å²) in [5.74, 6) is -0.560. The fourth-order valence-electron chi connectivity index (χ4n) is 3.33. The van der Waals surface area contributed by atoms with Gasteiger partial charge in [-0.05, 0) is 26.5 Å². The van der Waals surface area contributed by atoms with Gasteiger partial charge in [0.15, 0.2) is 0 Å². The van der Waals surface area contributed by atoms with Crippen molar-refractivity contribution in [3.8, 4) is 0 Å². The number of likely N-dealkylation sites (N-methyl/N-ethyl adjacent to an activating group) is 1. The number of carbonyl (C=O) groups excluding carboxylic acids is 3. The van der Waals surface area contributed by atoms with Crippen LogP contribution in [0, 0.1) is 0 Å². The normalized spacial score (nSPS) is 23.7. The third-order valence-electron chi connectivity index (χ3n) is 4.92. The molecule has 0 unspecified atom stereocenters. The Labute approximate surface area is 147 Å². The monoisotopic (exact) mass is 344 g/mol. The van der Waals surface area contributed by atoms with Gasteiger partial charge in [0, 0.05) is 19.6 Å². The summed E-state index contributed by atoms with van der Waals surface area (Å²) in [7, 11) is 2.04. The highest BCUT2D eigenvalue weighted by molar-refractivity contribution is 6.08. The molecule has 134 valence electrons. The van der Waals surface area contributed by atoms with E-state index in [1.807, 2.05) is 25.2 Å². The number of nitrogens with one attached hydrogen (secondary N) is 1. The van der Waals surface area contributed by atoms with Gasteiger partial charge >= 0.3 is 6.03 Å². The Balaban J connectivity index is 1.69. The summed E-state index contributed by atoms with van der Waals surface area (Å²) < 4.78 is 0. The lowest BCUT2D eigenvalue weighted by Crippen LogP contribution is -2.52. The molecule has 2 aliphatic heterocycles. The van der Waals surface area contributed by atoms with Crippen LogP contribution in [0.2, 0.25) is 0 Å². The second-order valence-electron chi connectivity index (χ2n) is 7.19. The van der Waals surface area contributed by atoms with Gasteiger partial charge in [0.2, 0.25) is 5.91 Å². The van der Waals surface area contributed by atoms with Crippen molar-refractivity contribution in [1.82, 2.24) is 20.0 Å². The number of hydrogen-bond donors (Lipinski definition) is 1. The van der Waals surface area contributed by atoms with E-state index in [-0.39, 0.29) is 24.4 Å². The number of urea groups is 1. The van der Waals surface area contributed by atoms with Crippen LogP contribution in [-0.4, -0.2) is 71.3 Å². The zero-order valence-corrected chi connectivity index (χ0v) is 14.9. The molecule has 1 atom stereocenters. The minimum atomic E-state index is -0.952. The van der Waals surface area contributed by atoms with Crippen LogP contribution < -0.4 is 5.32 Å². The van der Waals surface area contributed by atoms with Crippen LogP contribution in [0.25, 0.3) is 0 Å². The van der Waals surface area contributed by atoms with Gasteiger partial charge in [0.05, 0.1) is 6.04 Å². The fourth-order valence-corrected chi connectivity index (χ4v) is 3.33. The Hall–Kier alpha value is -2.41. The lowest BCUT2D eigenvalue weighted by atomic mass is 10.0. The SMILES string of the molecule is CN1CCN(C(=O)CN2C(=O)NC(C)(C)C2=O)C[C@H]1c1ccccc1. The average Bonchev–Trinajstić information content (AvgIpc) is 2.77. The molecule has 25 heavy (non-hydrogen) atoms. The van der Waals surface area contributed by atoms with Crippen molar-refractivity contribution in [2.24, 2.45) is 0 Å². The van der Waals surface area contributed by atoms with Crippen molar-refractivity contribution < 1.29 is 14.4 Å². The minimum absolute atomic E-state index is 0.110. The number of benzene rings is 1. The highest BCUT2D eigenvalue weighted by atomic mass is 16.2. The van der Waals surface area contributed by atoms with Crippen LogP contribution in [0.5, 0.6) is 0 Å². The maximum absolute atomic E-state index is 12.7. The van der Waals surface area contributed by atoms with E-state index in [9.17, 15) is 14.4 Å². The number of imide groups is 1. The van der Waals surface area contributed by atoms with Crippen molar-refractivity contribution in [2.45, 2.75) is 25.4 Å². The second kappa shape index (κ2) is 6.48. The maximum Gasteiger partial charge on any atom is 0.325 e. The van der Waals surface area contributed by atoms with Gasteiger partial charge in [0.1, 0.15) is 12.1 Å². The van der Waals surface area contributed by atoms with Gasteiger partial charge < -0.3 is 10.2 Å². The fraction of sp³-hybridized carbons (Fsp3) is 0.500. The van der Waals surface area contributed by atoms with Crippen molar-refractivity contribution in [3.05, 3.63) is 35.9 Å². The van der Waals surface area contributed by atoms with Crippen molar-refractivity contribution in [1.29, 1.82) is 0 Å². The second-order valence-corrected chi connectivity index (χ2v) is 7.19. The first-order valence-corrected chi connectivity index (χ1v) is 8.46. The summed E-state index contributed by atoms with van der Waals surface area (Å²) in [4.78, 5) is 41.9. The van der Waals surface area contributed by atoms with E-state index < -0.39 is 11.6 Å². The van der Waals surface area contributed by atoms with E-state index in [0.29, 0.717) is 13.1 Å². The van der Waals surface area contributed by atoms with Crippen molar-refractivity contribution >= 4 is 17.8 Å². The van der Waals surface area contributed by atoms with E-state index in [1.165, 1.54) is 0 Å². The predicted molar refractivity (Wildman–Crippen MR) is 92.7 cm³/mol. The molecule has 2 saturated heterocycles. The first-order chi connectivity index (χ1) is 11.8. The molecule has 2 aliphatic rings. The molecule has 0 bridgehead atoms. The Morgan fingerprint density at radius 1 is 1.20 bits per heavy atom. The molecule has 1 N–H and O–H groups in total. The number of nitrogens with zero attached hydrogens (tertiary/aromatic N) is 3.